The third kappa shape index (κ3) is 35.0. The predicted molar refractivity (Wildman–Crippen MR) is 197 cm³/mol. The van der Waals surface area contributed by atoms with Crippen LogP contribution in [0.3, 0.4) is 0 Å². The second-order valence-electron chi connectivity index (χ2n) is 13.3. The van der Waals surface area contributed by atoms with E-state index in [-0.39, 0.29) is 31.6 Å². The Morgan fingerprint density at radius 3 is 1.89 bits per heavy atom. The number of esters is 2. The van der Waals surface area contributed by atoms with E-state index >= 15 is 0 Å². The largest absolute Gasteiger partial charge is 0.462 e. The van der Waals surface area contributed by atoms with E-state index in [0.717, 1.165) is 38.0 Å². The summed E-state index contributed by atoms with van der Waals surface area (Å²) in [5, 5.41) is 19.6. The maximum atomic E-state index is 12.1. The molecule has 6 heteroatoms. The topological polar surface area (TPSA) is 93.1 Å². The first kappa shape index (κ1) is 44.8. The Morgan fingerprint density at radius 2 is 1.26 bits per heavy atom. The number of hydrogen-bond acceptors (Lipinski definition) is 6. The number of hydrogen-bond donors (Lipinski definition) is 2. The van der Waals surface area contributed by atoms with Gasteiger partial charge in [0.25, 0.3) is 0 Å². The predicted octanol–water partition coefficient (Wildman–Crippen LogP) is 10.7. The minimum atomic E-state index is -0.819. The molecule has 0 aromatic carbocycles. The summed E-state index contributed by atoms with van der Waals surface area (Å²) in [4.78, 5) is 24.2. The van der Waals surface area contributed by atoms with Gasteiger partial charge in [0, 0.05) is 12.8 Å². The summed E-state index contributed by atoms with van der Waals surface area (Å²) in [6.07, 6.45) is 39.1. The summed E-state index contributed by atoms with van der Waals surface area (Å²) in [5.41, 5.74) is 0. The molecule has 1 unspecified atom stereocenters. The van der Waals surface area contributed by atoms with Crippen molar-refractivity contribution in [1.29, 1.82) is 0 Å². The molecule has 0 bridgehead atoms. The Bertz CT molecular complexity index is 828. The zero-order valence-corrected chi connectivity index (χ0v) is 30.6. The van der Waals surface area contributed by atoms with Crippen LogP contribution in [-0.4, -0.2) is 47.6 Å². The molecule has 0 aromatic rings. The van der Waals surface area contributed by atoms with Crippen molar-refractivity contribution in [3.05, 3.63) is 48.6 Å². The molecule has 0 aliphatic rings. The molecule has 0 rings (SSSR count). The number of ether oxygens (including phenoxy) is 2. The van der Waals surface area contributed by atoms with E-state index in [9.17, 15) is 19.8 Å². The molecule has 0 fully saturated rings. The fourth-order valence-electron chi connectivity index (χ4n) is 5.16. The molecule has 0 aliphatic heterocycles. The van der Waals surface area contributed by atoms with Crippen molar-refractivity contribution >= 4 is 11.9 Å². The monoisotopic (exact) mass is 661 g/mol. The van der Waals surface area contributed by atoms with Crippen molar-refractivity contribution in [1.82, 2.24) is 0 Å². The van der Waals surface area contributed by atoms with Crippen LogP contribution in [0.25, 0.3) is 0 Å². The van der Waals surface area contributed by atoms with Gasteiger partial charge < -0.3 is 19.7 Å². The first-order valence-electron chi connectivity index (χ1n) is 19.2. The van der Waals surface area contributed by atoms with Crippen LogP contribution in [0.5, 0.6) is 0 Å². The van der Waals surface area contributed by atoms with Crippen molar-refractivity contribution < 1.29 is 29.3 Å². The summed E-state index contributed by atoms with van der Waals surface area (Å²) in [6, 6.07) is 0. The number of aliphatic hydroxyl groups is 2. The van der Waals surface area contributed by atoms with E-state index in [2.05, 4.69) is 39.0 Å². The van der Waals surface area contributed by atoms with Gasteiger partial charge in [0.2, 0.25) is 0 Å². The summed E-state index contributed by atoms with van der Waals surface area (Å²) in [6.45, 7) is 6.31. The molecule has 0 aromatic heterocycles. The summed E-state index contributed by atoms with van der Waals surface area (Å²) >= 11 is 0. The van der Waals surface area contributed by atoms with E-state index in [0.29, 0.717) is 25.7 Å². The molecular formula is C41H72O6. The second-order valence-corrected chi connectivity index (χ2v) is 13.3. The zero-order chi connectivity index (χ0) is 34.6. The molecule has 2 atom stereocenters. The van der Waals surface area contributed by atoms with Gasteiger partial charge in [-0.3, -0.25) is 9.59 Å². The van der Waals surface area contributed by atoms with Gasteiger partial charge in [0.1, 0.15) is 6.61 Å². The van der Waals surface area contributed by atoms with Gasteiger partial charge >= 0.3 is 11.9 Å². The fraction of sp³-hybridized carbons (Fsp3) is 0.756. The van der Waals surface area contributed by atoms with Gasteiger partial charge in [-0.1, -0.05) is 159 Å². The van der Waals surface area contributed by atoms with Crippen molar-refractivity contribution in [3.63, 3.8) is 0 Å². The lowest BCUT2D eigenvalue weighted by molar-refractivity contribution is -0.161. The van der Waals surface area contributed by atoms with Crippen molar-refractivity contribution in [2.24, 2.45) is 5.92 Å². The molecule has 0 spiro atoms. The van der Waals surface area contributed by atoms with Crippen LogP contribution in [0.2, 0.25) is 0 Å². The van der Waals surface area contributed by atoms with Gasteiger partial charge in [-0.25, -0.2) is 0 Å². The van der Waals surface area contributed by atoms with Crippen LogP contribution in [0.4, 0.5) is 0 Å². The number of carbonyl (C=O) groups is 2. The minimum Gasteiger partial charge on any atom is -0.462 e. The van der Waals surface area contributed by atoms with Crippen LogP contribution >= 0.6 is 0 Å². The normalized spacial score (nSPS) is 13.5. The lowest BCUT2D eigenvalue weighted by Crippen LogP contribution is -2.28. The first-order valence-corrected chi connectivity index (χ1v) is 19.2. The molecular weight excluding hydrogens is 588 g/mol. The Labute approximate surface area is 289 Å². The summed E-state index contributed by atoms with van der Waals surface area (Å²) in [7, 11) is 0. The van der Waals surface area contributed by atoms with E-state index in [4.69, 9.17) is 9.47 Å². The standard InChI is InChI=1S/C41H72O6/c1-4-5-6-7-8-13-17-21-26-31-38(43)32-27-22-19-24-28-33-40(44)46-36-39(35-42)47-41(45)34-29-23-18-15-12-10-9-11-14-16-20-25-30-37(2)3/h8,13,19,21-22,26-27,32,37-39,42-43H,4-7,9-12,14-18,20,23-25,28-31,33-36H2,1-3H3/b13-8-,22-19+,26-21-,32-27-/t38?,39-/m0/s1. The van der Waals surface area contributed by atoms with E-state index in [1.165, 1.54) is 83.5 Å². The maximum absolute atomic E-state index is 12.1. The Hall–Kier alpha value is -2.18. The second kappa shape index (κ2) is 35.1. The van der Waals surface area contributed by atoms with Crippen LogP contribution < -0.4 is 0 Å². The van der Waals surface area contributed by atoms with Gasteiger partial charge in [0.15, 0.2) is 6.10 Å². The van der Waals surface area contributed by atoms with Crippen molar-refractivity contribution in [3.8, 4) is 0 Å². The van der Waals surface area contributed by atoms with Gasteiger partial charge in [-0.05, 0) is 50.9 Å². The maximum Gasteiger partial charge on any atom is 0.306 e. The molecule has 0 radical (unpaired) electrons. The number of allylic oxidation sites excluding steroid dienone is 6. The highest BCUT2D eigenvalue weighted by molar-refractivity contribution is 5.70. The average molecular weight is 661 g/mol. The number of aliphatic hydroxyl groups excluding tert-OH is 2. The number of rotatable bonds is 33. The Morgan fingerprint density at radius 1 is 0.660 bits per heavy atom. The van der Waals surface area contributed by atoms with Crippen LogP contribution in [-0.2, 0) is 19.1 Å². The Kier molecular flexibility index (Phi) is 33.5. The summed E-state index contributed by atoms with van der Waals surface area (Å²) in [5.74, 6) is 0.110. The lowest BCUT2D eigenvalue weighted by atomic mass is 10.0. The van der Waals surface area contributed by atoms with Gasteiger partial charge in [-0.15, -0.1) is 0 Å². The van der Waals surface area contributed by atoms with Crippen molar-refractivity contribution in [2.75, 3.05) is 13.2 Å². The lowest BCUT2D eigenvalue weighted by Gasteiger charge is -2.15. The van der Waals surface area contributed by atoms with Gasteiger partial charge in [0.05, 0.1) is 12.7 Å². The molecule has 6 nitrogen and oxygen atoms in total. The molecule has 2 N–H and O–H groups in total. The Balaban J connectivity index is 3.75. The fourth-order valence-corrected chi connectivity index (χ4v) is 5.16. The third-order valence-corrected chi connectivity index (χ3v) is 8.13. The zero-order valence-electron chi connectivity index (χ0n) is 30.6. The molecule has 0 amide bonds. The average Bonchev–Trinajstić information content (AvgIpc) is 3.05. The third-order valence-electron chi connectivity index (χ3n) is 8.13. The molecule has 0 heterocycles. The first-order chi connectivity index (χ1) is 22.9. The highest BCUT2D eigenvalue weighted by atomic mass is 16.6. The quantitative estimate of drug-likeness (QED) is 0.0315. The molecule has 47 heavy (non-hydrogen) atoms. The van der Waals surface area contributed by atoms with Crippen LogP contribution in [0.15, 0.2) is 48.6 Å². The van der Waals surface area contributed by atoms with Crippen molar-refractivity contribution in [2.45, 2.75) is 181 Å². The highest BCUT2D eigenvalue weighted by Crippen LogP contribution is 2.15. The molecule has 0 aliphatic carbocycles. The van der Waals surface area contributed by atoms with Gasteiger partial charge in [-0.2, -0.15) is 0 Å². The SMILES string of the molecule is CCCCC/C=C\C/C=C\CC(O)/C=C\C=C\CCCC(=O)OC[C@H](CO)OC(=O)CCCCCCCCCCCCCCC(C)C. The van der Waals surface area contributed by atoms with E-state index < -0.39 is 12.2 Å². The van der Waals surface area contributed by atoms with Crippen LogP contribution in [0, 0.1) is 5.92 Å². The van der Waals surface area contributed by atoms with E-state index in [1.807, 2.05) is 24.3 Å². The van der Waals surface area contributed by atoms with Crippen LogP contribution in [0.1, 0.15) is 168 Å². The smallest absolute Gasteiger partial charge is 0.306 e. The molecule has 272 valence electrons. The minimum absolute atomic E-state index is 0.126. The molecule has 0 saturated carbocycles. The van der Waals surface area contributed by atoms with E-state index in [1.54, 1.807) is 6.08 Å². The number of carbonyl (C=O) groups excluding carboxylic acids is 2. The number of unbranched alkanes of at least 4 members (excludes halogenated alkanes) is 15. The highest BCUT2D eigenvalue weighted by Gasteiger charge is 2.16. The summed E-state index contributed by atoms with van der Waals surface area (Å²) < 4.78 is 10.5. The molecule has 0 saturated heterocycles.